The molecule has 0 aromatic heterocycles. The van der Waals surface area contributed by atoms with Crippen molar-refractivity contribution in [2.75, 3.05) is 0 Å². The average Bonchev–Trinajstić information content (AvgIpc) is 2.11. The van der Waals surface area contributed by atoms with Crippen molar-refractivity contribution in [1.82, 2.24) is 0 Å². The average molecular weight is 189 g/mol. The van der Waals surface area contributed by atoms with Gasteiger partial charge in [-0.25, -0.2) is 4.39 Å². The number of carbonyl (C=O) groups is 1. The molecule has 1 aromatic rings. The number of benzene rings is 1. The summed E-state index contributed by atoms with van der Waals surface area (Å²) in [5, 5.41) is 0.174. The van der Waals surface area contributed by atoms with Gasteiger partial charge in [-0.1, -0.05) is 30.7 Å². The Hall–Kier alpha value is -0.890. The molecule has 1 rings (SSSR count). The Morgan fingerprint density at radius 1 is 1.50 bits per heavy atom. The smallest absolute Gasteiger partial charge is 0.141 e. The van der Waals surface area contributed by atoms with Gasteiger partial charge < -0.3 is 4.79 Å². The van der Waals surface area contributed by atoms with E-state index in [2.05, 4.69) is 0 Å². The van der Waals surface area contributed by atoms with E-state index in [0.29, 0.717) is 6.42 Å². The molecule has 0 heterocycles. The standard InChI is InChI=1S/C6H4ClF.C3H6O/c7-5-3-1-2-4-6(5)8;1-2-3-4/h1-4H;3H,2H2,1H3. The predicted molar refractivity (Wildman–Crippen MR) is 47.8 cm³/mol. The lowest BCUT2D eigenvalue weighted by Crippen LogP contribution is -1.70. The molecule has 12 heavy (non-hydrogen) atoms. The highest BCUT2D eigenvalue weighted by Crippen LogP contribution is 2.11. The number of hydrogen-bond acceptors (Lipinski definition) is 1. The number of aldehydes is 1. The van der Waals surface area contributed by atoms with Gasteiger partial charge in [-0.05, 0) is 12.1 Å². The Kier molecular flexibility index (Phi) is 6.29. The normalized spacial score (nSPS) is 8.25. The number of rotatable bonds is 1. The largest absolute Gasteiger partial charge is 0.303 e. The van der Waals surface area contributed by atoms with Gasteiger partial charge in [-0.3, -0.25) is 0 Å². The maximum atomic E-state index is 12.2. The number of hydrogen-bond donors (Lipinski definition) is 0. The Labute approximate surface area is 76.2 Å². The maximum absolute atomic E-state index is 12.2. The summed E-state index contributed by atoms with van der Waals surface area (Å²) < 4.78 is 12.2. The molecule has 0 aliphatic heterocycles. The van der Waals surface area contributed by atoms with Gasteiger partial charge in [0.1, 0.15) is 12.1 Å². The molecule has 0 aliphatic carbocycles. The van der Waals surface area contributed by atoms with Crippen molar-refractivity contribution in [3.63, 3.8) is 0 Å². The van der Waals surface area contributed by atoms with E-state index in [1.54, 1.807) is 12.1 Å². The summed E-state index contributed by atoms with van der Waals surface area (Å²) in [4.78, 5) is 9.17. The van der Waals surface area contributed by atoms with Gasteiger partial charge in [0.25, 0.3) is 0 Å². The van der Waals surface area contributed by atoms with Crippen LogP contribution in [0.4, 0.5) is 4.39 Å². The minimum Gasteiger partial charge on any atom is -0.303 e. The fourth-order valence-corrected chi connectivity index (χ4v) is 0.575. The second kappa shape index (κ2) is 6.80. The van der Waals surface area contributed by atoms with Crippen molar-refractivity contribution in [2.24, 2.45) is 0 Å². The van der Waals surface area contributed by atoms with Gasteiger partial charge in [-0.15, -0.1) is 0 Å². The lowest BCUT2D eigenvalue weighted by molar-refractivity contribution is -0.107. The molecule has 0 saturated carbocycles. The summed E-state index contributed by atoms with van der Waals surface area (Å²) in [5.41, 5.74) is 0. The topological polar surface area (TPSA) is 17.1 Å². The van der Waals surface area contributed by atoms with Crippen LogP contribution in [0, 0.1) is 5.82 Å². The van der Waals surface area contributed by atoms with E-state index in [4.69, 9.17) is 11.6 Å². The van der Waals surface area contributed by atoms with E-state index >= 15 is 0 Å². The molecule has 0 spiro atoms. The SMILES string of the molecule is CCC=O.Fc1ccccc1Cl. The van der Waals surface area contributed by atoms with Crippen LogP contribution in [-0.4, -0.2) is 6.29 Å². The van der Waals surface area contributed by atoms with Gasteiger partial charge in [0, 0.05) is 6.42 Å². The summed E-state index contributed by atoms with van der Waals surface area (Å²) in [7, 11) is 0. The zero-order valence-electron chi connectivity index (χ0n) is 6.76. The first-order valence-corrected chi connectivity index (χ1v) is 3.93. The van der Waals surface area contributed by atoms with E-state index in [1.165, 1.54) is 12.1 Å². The summed E-state index contributed by atoms with van der Waals surface area (Å²) in [6.07, 6.45) is 1.51. The molecule has 0 aliphatic rings. The fraction of sp³-hybridized carbons (Fsp3) is 0.222. The lowest BCUT2D eigenvalue weighted by Gasteiger charge is -1.86. The molecule has 0 amide bonds. The van der Waals surface area contributed by atoms with Gasteiger partial charge in [0.2, 0.25) is 0 Å². The van der Waals surface area contributed by atoms with Gasteiger partial charge >= 0.3 is 0 Å². The van der Waals surface area contributed by atoms with E-state index in [0.717, 1.165) is 6.29 Å². The highest BCUT2D eigenvalue weighted by atomic mass is 35.5. The number of carbonyl (C=O) groups excluding carboxylic acids is 1. The van der Waals surface area contributed by atoms with Crippen molar-refractivity contribution in [1.29, 1.82) is 0 Å². The minimum absolute atomic E-state index is 0.174. The molecular weight excluding hydrogens is 179 g/mol. The Bertz CT molecular complexity index is 217. The van der Waals surface area contributed by atoms with Crippen LogP contribution < -0.4 is 0 Å². The first kappa shape index (κ1) is 11.1. The molecule has 0 N–H and O–H groups in total. The van der Waals surface area contributed by atoms with Crippen LogP contribution in [0.1, 0.15) is 13.3 Å². The minimum atomic E-state index is -0.367. The van der Waals surface area contributed by atoms with Crippen molar-refractivity contribution >= 4 is 17.9 Å². The molecule has 0 bridgehead atoms. The van der Waals surface area contributed by atoms with E-state index < -0.39 is 0 Å². The maximum Gasteiger partial charge on any atom is 0.141 e. The number of halogens is 2. The van der Waals surface area contributed by atoms with Crippen LogP contribution in [0.3, 0.4) is 0 Å². The second-order valence-electron chi connectivity index (χ2n) is 1.99. The predicted octanol–water partition coefficient (Wildman–Crippen LogP) is 3.07. The van der Waals surface area contributed by atoms with Crippen LogP contribution in [0.15, 0.2) is 24.3 Å². The molecular formula is C9H10ClFO. The molecule has 66 valence electrons. The van der Waals surface area contributed by atoms with E-state index in [-0.39, 0.29) is 10.8 Å². The van der Waals surface area contributed by atoms with Crippen LogP contribution in [-0.2, 0) is 4.79 Å². The molecule has 0 atom stereocenters. The third kappa shape index (κ3) is 4.85. The van der Waals surface area contributed by atoms with Crippen LogP contribution in [0.5, 0.6) is 0 Å². The van der Waals surface area contributed by atoms with Crippen LogP contribution in [0.2, 0.25) is 5.02 Å². The Morgan fingerprint density at radius 3 is 2.25 bits per heavy atom. The van der Waals surface area contributed by atoms with Crippen molar-refractivity contribution in [3.05, 3.63) is 35.1 Å². The molecule has 1 aromatic carbocycles. The molecule has 0 saturated heterocycles. The van der Waals surface area contributed by atoms with Gasteiger partial charge in [-0.2, -0.15) is 0 Å². The van der Waals surface area contributed by atoms with E-state index in [9.17, 15) is 9.18 Å². The summed E-state index contributed by atoms with van der Waals surface area (Å²) in [5.74, 6) is -0.367. The van der Waals surface area contributed by atoms with Crippen molar-refractivity contribution in [2.45, 2.75) is 13.3 Å². The highest BCUT2D eigenvalue weighted by Gasteiger charge is 1.91. The van der Waals surface area contributed by atoms with Crippen LogP contribution in [0.25, 0.3) is 0 Å². The van der Waals surface area contributed by atoms with Gasteiger partial charge in [0.05, 0.1) is 5.02 Å². The molecule has 0 radical (unpaired) electrons. The molecule has 3 heteroatoms. The quantitative estimate of drug-likeness (QED) is 0.619. The fourth-order valence-electron chi connectivity index (χ4n) is 0.439. The lowest BCUT2D eigenvalue weighted by atomic mass is 10.4. The Morgan fingerprint density at radius 2 is 2.00 bits per heavy atom. The summed E-state index contributed by atoms with van der Waals surface area (Å²) in [6, 6.07) is 6.12. The highest BCUT2D eigenvalue weighted by molar-refractivity contribution is 6.30. The monoisotopic (exact) mass is 188 g/mol. The zero-order valence-corrected chi connectivity index (χ0v) is 7.51. The third-order valence-corrected chi connectivity index (χ3v) is 1.30. The molecule has 1 nitrogen and oxygen atoms in total. The van der Waals surface area contributed by atoms with Crippen LogP contribution >= 0.6 is 11.6 Å². The van der Waals surface area contributed by atoms with Crippen molar-refractivity contribution < 1.29 is 9.18 Å². The first-order valence-electron chi connectivity index (χ1n) is 3.56. The summed E-state index contributed by atoms with van der Waals surface area (Å²) in [6.45, 7) is 1.81. The zero-order chi connectivity index (χ0) is 9.40. The van der Waals surface area contributed by atoms with Crippen molar-refractivity contribution in [3.8, 4) is 0 Å². The third-order valence-electron chi connectivity index (χ3n) is 0.991. The first-order chi connectivity index (χ1) is 5.72. The summed E-state index contributed by atoms with van der Waals surface area (Å²) >= 11 is 5.33. The Balaban J connectivity index is 0.000000261. The second-order valence-corrected chi connectivity index (χ2v) is 2.40. The van der Waals surface area contributed by atoms with E-state index in [1.807, 2.05) is 6.92 Å². The van der Waals surface area contributed by atoms with Gasteiger partial charge in [0.15, 0.2) is 0 Å². The molecule has 0 unspecified atom stereocenters. The molecule has 0 fully saturated rings.